The third-order valence-corrected chi connectivity index (χ3v) is 4.06. The van der Waals surface area contributed by atoms with Crippen LogP contribution >= 0.6 is 0 Å². The van der Waals surface area contributed by atoms with Gasteiger partial charge in [0.25, 0.3) is 0 Å². The molecule has 0 atom stereocenters. The zero-order chi connectivity index (χ0) is 14.4. The number of aryl methyl sites for hydroxylation is 1. The summed E-state index contributed by atoms with van der Waals surface area (Å²) in [7, 11) is 0. The van der Waals surface area contributed by atoms with Gasteiger partial charge in [0.1, 0.15) is 6.33 Å². The molecule has 1 saturated heterocycles. The Bertz CT molecular complexity index is 687. The third-order valence-electron chi connectivity index (χ3n) is 4.06. The second-order valence-corrected chi connectivity index (χ2v) is 5.66. The van der Waals surface area contributed by atoms with Crippen LogP contribution in [0.4, 0.5) is 5.82 Å². The van der Waals surface area contributed by atoms with Crippen molar-refractivity contribution < 1.29 is 4.79 Å². The second-order valence-electron chi connectivity index (χ2n) is 5.66. The van der Waals surface area contributed by atoms with Gasteiger partial charge < -0.3 is 10.2 Å². The Balaban J connectivity index is 1.50. The van der Waals surface area contributed by atoms with Crippen molar-refractivity contribution in [1.82, 2.24) is 30.3 Å². The molecule has 21 heavy (non-hydrogen) atoms. The molecule has 1 saturated carbocycles. The zero-order valence-electron chi connectivity index (χ0n) is 11.9. The molecule has 1 aliphatic heterocycles. The first kappa shape index (κ1) is 12.5. The Morgan fingerprint density at radius 1 is 1.38 bits per heavy atom. The minimum Gasteiger partial charge on any atom is -0.353 e. The first-order valence-electron chi connectivity index (χ1n) is 7.35. The number of anilines is 1. The maximum atomic E-state index is 12.0. The van der Waals surface area contributed by atoms with Gasteiger partial charge in [-0.15, -0.1) is 5.10 Å². The highest BCUT2D eigenvalue weighted by Gasteiger charge is 2.37. The molecule has 110 valence electrons. The lowest BCUT2D eigenvalue weighted by atomic mass is 9.99. The Morgan fingerprint density at radius 2 is 2.19 bits per heavy atom. The van der Waals surface area contributed by atoms with Gasteiger partial charge in [-0.1, -0.05) is 5.21 Å². The van der Waals surface area contributed by atoms with Crippen molar-refractivity contribution in [1.29, 1.82) is 0 Å². The fraction of sp³-hybridized carbons (Fsp3) is 0.615. The Kier molecular flexibility index (Phi) is 2.76. The van der Waals surface area contributed by atoms with Crippen LogP contribution in [0.1, 0.15) is 19.8 Å². The second kappa shape index (κ2) is 4.64. The Hall–Kier alpha value is -2.25. The summed E-state index contributed by atoms with van der Waals surface area (Å²) in [6.45, 7) is 4.09. The monoisotopic (exact) mass is 287 g/mol. The van der Waals surface area contributed by atoms with Crippen LogP contribution in [-0.4, -0.2) is 50.0 Å². The SMILES string of the molecule is CCn1nnc2c(N3CC(C(=O)NC4CC4)C3)ncnc21. The van der Waals surface area contributed by atoms with Crippen LogP contribution in [0.15, 0.2) is 6.33 Å². The average Bonchev–Trinajstić information content (AvgIpc) is 3.14. The molecule has 8 nitrogen and oxygen atoms in total. The van der Waals surface area contributed by atoms with Gasteiger partial charge >= 0.3 is 0 Å². The molecular weight excluding hydrogens is 270 g/mol. The van der Waals surface area contributed by atoms with Crippen molar-refractivity contribution in [3.63, 3.8) is 0 Å². The van der Waals surface area contributed by atoms with Crippen molar-refractivity contribution in [3.8, 4) is 0 Å². The number of rotatable bonds is 4. The fourth-order valence-electron chi connectivity index (χ4n) is 2.59. The average molecular weight is 287 g/mol. The first-order valence-corrected chi connectivity index (χ1v) is 7.35. The van der Waals surface area contributed by atoms with Gasteiger partial charge in [-0.25, -0.2) is 14.6 Å². The Labute approximate surface area is 121 Å². The third kappa shape index (κ3) is 2.10. The lowest BCUT2D eigenvalue weighted by Gasteiger charge is -2.38. The topological polar surface area (TPSA) is 88.8 Å². The van der Waals surface area contributed by atoms with Crippen molar-refractivity contribution >= 4 is 22.9 Å². The van der Waals surface area contributed by atoms with E-state index in [4.69, 9.17) is 0 Å². The summed E-state index contributed by atoms with van der Waals surface area (Å²) < 4.78 is 1.75. The molecule has 3 heterocycles. The molecule has 0 unspecified atom stereocenters. The van der Waals surface area contributed by atoms with Crippen LogP contribution in [0.2, 0.25) is 0 Å². The smallest absolute Gasteiger partial charge is 0.226 e. The van der Waals surface area contributed by atoms with E-state index in [1.807, 2.05) is 6.92 Å². The Morgan fingerprint density at radius 3 is 2.90 bits per heavy atom. The fourth-order valence-corrected chi connectivity index (χ4v) is 2.59. The number of nitrogens with zero attached hydrogens (tertiary/aromatic N) is 6. The van der Waals surface area contributed by atoms with E-state index in [2.05, 4.69) is 30.5 Å². The van der Waals surface area contributed by atoms with Crippen molar-refractivity contribution in [3.05, 3.63) is 6.33 Å². The molecular formula is C13H17N7O. The summed E-state index contributed by atoms with van der Waals surface area (Å²) in [5.74, 6) is 0.989. The quantitative estimate of drug-likeness (QED) is 0.848. The molecule has 1 amide bonds. The predicted octanol–water partition coefficient (Wildman–Crippen LogP) is -0.0440. The molecule has 1 aliphatic carbocycles. The summed E-state index contributed by atoms with van der Waals surface area (Å²) in [6, 6.07) is 0.418. The molecule has 4 rings (SSSR count). The van der Waals surface area contributed by atoms with Gasteiger partial charge in [0.05, 0.1) is 5.92 Å². The summed E-state index contributed by atoms with van der Waals surface area (Å²) in [4.78, 5) is 22.6. The van der Waals surface area contributed by atoms with Crippen LogP contribution in [0.3, 0.4) is 0 Å². The summed E-state index contributed by atoms with van der Waals surface area (Å²) in [6.07, 6.45) is 3.77. The maximum absolute atomic E-state index is 12.0. The summed E-state index contributed by atoms with van der Waals surface area (Å²) in [5.41, 5.74) is 1.45. The lowest BCUT2D eigenvalue weighted by Crippen LogP contribution is -2.54. The number of hydrogen-bond acceptors (Lipinski definition) is 6. The normalized spacial score (nSPS) is 18.8. The molecule has 1 N–H and O–H groups in total. The number of carbonyl (C=O) groups excluding carboxylic acids is 1. The molecule has 0 bridgehead atoms. The van der Waals surface area contributed by atoms with E-state index in [1.165, 1.54) is 6.33 Å². The minimum absolute atomic E-state index is 0.0526. The van der Waals surface area contributed by atoms with Gasteiger partial charge in [-0.3, -0.25) is 4.79 Å². The molecule has 2 aromatic rings. The molecule has 2 aliphatic rings. The van der Waals surface area contributed by atoms with Gasteiger partial charge in [0.15, 0.2) is 17.0 Å². The standard InChI is InChI=1S/C13H17N7O/c1-2-20-12-10(17-18-20)11(14-7-15-12)19-5-8(6-19)13(21)16-9-3-4-9/h7-9H,2-6H2,1H3,(H,16,21). The van der Waals surface area contributed by atoms with E-state index in [9.17, 15) is 4.79 Å². The van der Waals surface area contributed by atoms with Gasteiger partial charge in [-0.2, -0.15) is 0 Å². The molecule has 0 spiro atoms. The summed E-state index contributed by atoms with van der Waals surface area (Å²) >= 11 is 0. The maximum Gasteiger partial charge on any atom is 0.226 e. The highest BCUT2D eigenvalue weighted by atomic mass is 16.2. The molecule has 2 fully saturated rings. The minimum atomic E-state index is 0.0526. The molecule has 0 radical (unpaired) electrons. The van der Waals surface area contributed by atoms with Gasteiger partial charge in [0.2, 0.25) is 5.91 Å². The van der Waals surface area contributed by atoms with E-state index < -0.39 is 0 Å². The van der Waals surface area contributed by atoms with Crippen molar-refractivity contribution in [2.45, 2.75) is 32.4 Å². The van der Waals surface area contributed by atoms with E-state index >= 15 is 0 Å². The number of fused-ring (bicyclic) bond motifs is 1. The summed E-state index contributed by atoms with van der Waals surface area (Å²) in [5, 5.41) is 11.3. The number of amides is 1. The van der Waals surface area contributed by atoms with Crippen molar-refractivity contribution in [2.24, 2.45) is 5.92 Å². The molecule has 2 aromatic heterocycles. The number of hydrogen-bond donors (Lipinski definition) is 1. The van der Waals surface area contributed by atoms with Crippen molar-refractivity contribution in [2.75, 3.05) is 18.0 Å². The predicted molar refractivity (Wildman–Crippen MR) is 75.7 cm³/mol. The zero-order valence-corrected chi connectivity index (χ0v) is 11.9. The van der Waals surface area contributed by atoms with Crippen LogP contribution in [0.25, 0.3) is 11.2 Å². The lowest BCUT2D eigenvalue weighted by molar-refractivity contribution is -0.125. The number of nitrogens with one attached hydrogen (secondary N) is 1. The van der Waals surface area contributed by atoms with Crippen LogP contribution < -0.4 is 10.2 Å². The van der Waals surface area contributed by atoms with Gasteiger partial charge in [0, 0.05) is 25.7 Å². The van der Waals surface area contributed by atoms with Crippen LogP contribution in [0, 0.1) is 5.92 Å². The van der Waals surface area contributed by atoms with Crippen LogP contribution in [-0.2, 0) is 11.3 Å². The highest BCUT2D eigenvalue weighted by molar-refractivity contribution is 5.86. The van der Waals surface area contributed by atoms with Gasteiger partial charge in [-0.05, 0) is 19.8 Å². The number of aromatic nitrogens is 5. The molecule has 0 aromatic carbocycles. The van der Waals surface area contributed by atoms with E-state index in [0.717, 1.165) is 30.9 Å². The van der Waals surface area contributed by atoms with E-state index in [1.54, 1.807) is 4.68 Å². The van der Waals surface area contributed by atoms with Crippen LogP contribution in [0.5, 0.6) is 0 Å². The number of carbonyl (C=O) groups is 1. The largest absolute Gasteiger partial charge is 0.353 e. The van der Waals surface area contributed by atoms with E-state index in [-0.39, 0.29) is 11.8 Å². The highest BCUT2D eigenvalue weighted by Crippen LogP contribution is 2.28. The molecule has 8 heteroatoms. The van der Waals surface area contributed by atoms with E-state index in [0.29, 0.717) is 24.6 Å². The first-order chi connectivity index (χ1) is 10.3.